The molecule has 0 aliphatic carbocycles. The minimum Gasteiger partial charge on any atom is -0.321 e. The number of anilines is 1. The largest absolute Gasteiger partial charge is 0.321 e. The van der Waals surface area contributed by atoms with Crippen LogP contribution in [0.1, 0.15) is 52.4 Å². The van der Waals surface area contributed by atoms with Crippen LogP contribution in [0.2, 0.25) is 0 Å². The summed E-state index contributed by atoms with van der Waals surface area (Å²) in [5.74, 6) is 1.59. The van der Waals surface area contributed by atoms with E-state index < -0.39 is 0 Å². The molecule has 1 aliphatic rings. The monoisotopic (exact) mass is 441 g/mol. The third-order valence-electron chi connectivity index (χ3n) is 6.05. The van der Waals surface area contributed by atoms with Crippen LogP contribution in [0.25, 0.3) is 17.1 Å². The Kier molecular flexibility index (Phi) is 5.50. The van der Waals surface area contributed by atoms with Crippen molar-refractivity contribution in [3.05, 3.63) is 70.8 Å². The van der Waals surface area contributed by atoms with Gasteiger partial charge in [0.25, 0.3) is 5.91 Å². The molecular weight excluding hydrogens is 414 g/mol. The van der Waals surface area contributed by atoms with Gasteiger partial charge in [0.05, 0.1) is 11.4 Å². The third kappa shape index (κ3) is 4.16. The number of carbonyl (C=O) groups is 1. The summed E-state index contributed by atoms with van der Waals surface area (Å²) >= 11 is 0. The second-order valence-electron chi connectivity index (χ2n) is 8.65. The lowest BCUT2D eigenvalue weighted by atomic mass is 10.1. The number of nitrogens with one attached hydrogen (secondary N) is 1. The van der Waals surface area contributed by atoms with Gasteiger partial charge in [0.1, 0.15) is 5.82 Å². The molecule has 2 aromatic heterocycles. The average Bonchev–Trinajstić information content (AvgIpc) is 3.29. The van der Waals surface area contributed by atoms with E-state index in [1.807, 2.05) is 50.2 Å². The predicted molar refractivity (Wildman–Crippen MR) is 127 cm³/mol. The maximum absolute atomic E-state index is 13.0. The molecule has 0 unspecified atom stereocenters. The Morgan fingerprint density at radius 3 is 2.70 bits per heavy atom. The Morgan fingerprint density at radius 1 is 0.970 bits per heavy atom. The summed E-state index contributed by atoms with van der Waals surface area (Å²) in [6.07, 6.45) is 4.44. The Balaban J connectivity index is 1.39. The predicted octanol–water partition coefficient (Wildman–Crippen LogP) is 4.43. The molecule has 2 aromatic carbocycles. The van der Waals surface area contributed by atoms with Crippen LogP contribution in [0, 0.1) is 20.8 Å². The van der Waals surface area contributed by atoms with Crippen LogP contribution in [-0.2, 0) is 13.0 Å². The summed E-state index contributed by atoms with van der Waals surface area (Å²) in [6, 6.07) is 13.8. The second kappa shape index (κ2) is 8.61. The molecule has 1 aliphatic heterocycles. The van der Waals surface area contributed by atoms with Crippen molar-refractivity contribution in [2.24, 2.45) is 0 Å². The van der Waals surface area contributed by atoms with Crippen molar-refractivity contribution in [2.45, 2.75) is 53.0 Å². The minimum atomic E-state index is -0.291. The summed E-state index contributed by atoms with van der Waals surface area (Å²) < 4.78 is 2.20. The van der Waals surface area contributed by atoms with Crippen molar-refractivity contribution < 1.29 is 4.79 Å². The van der Waals surface area contributed by atoms with E-state index in [2.05, 4.69) is 36.3 Å². The standard InChI is InChI=1S/C25H27N7O/c1-16-11-12-21(17(2)14-16)32-29-18(3)23(30-32)25(33)26-20-9-7-8-19(15-20)24-28-27-22-10-5-4-6-13-31(22)24/h7-9,11-12,14-15H,4-6,10,13H2,1-3H3,(H,26,33). The third-order valence-corrected chi connectivity index (χ3v) is 6.05. The zero-order chi connectivity index (χ0) is 22.9. The van der Waals surface area contributed by atoms with Gasteiger partial charge in [0.15, 0.2) is 11.5 Å². The number of amides is 1. The van der Waals surface area contributed by atoms with Crippen molar-refractivity contribution in [3.63, 3.8) is 0 Å². The molecule has 0 saturated carbocycles. The van der Waals surface area contributed by atoms with Crippen LogP contribution in [0.5, 0.6) is 0 Å². The molecule has 0 radical (unpaired) electrons. The first kappa shape index (κ1) is 21.1. The molecule has 33 heavy (non-hydrogen) atoms. The highest BCUT2D eigenvalue weighted by atomic mass is 16.2. The molecule has 3 heterocycles. The van der Waals surface area contributed by atoms with E-state index in [-0.39, 0.29) is 5.91 Å². The molecular formula is C25H27N7O. The fraction of sp³-hybridized carbons (Fsp3) is 0.320. The van der Waals surface area contributed by atoms with Crippen molar-refractivity contribution >= 4 is 11.6 Å². The number of benzene rings is 2. The van der Waals surface area contributed by atoms with Gasteiger partial charge in [0.2, 0.25) is 0 Å². The number of carbonyl (C=O) groups excluding carboxylic acids is 1. The van der Waals surface area contributed by atoms with Crippen LogP contribution < -0.4 is 5.32 Å². The van der Waals surface area contributed by atoms with E-state index in [0.717, 1.165) is 54.3 Å². The van der Waals surface area contributed by atoms with Crippen molar-refractivity contribution in [1.29, 1.82) is 0 Å². The fourth-order valence-corrected chi connectivity index (χ4v) is 4.35. The van der Waals surface area contributed by atoms with E-state index >= 15 is 0 Å². The summed E-state index contributed by atoms with van der Waals surface area (Å²) in [5.41, 5.74) is 5.58. The highest BCUT2D eigenvalue weighted by Crippen LogP contribution is 2.25. The second-order valence-corrected chi connectivity index (χ2v) is 8.65. The molecule has 8 heteroatoms. The lowest BCUT2D eigenvalue weighted by Crippen LogP contribution is -2.14. The number of aromatic nitrogens is 6. The molecule has 1 amide bonds. The number of hydrogen-bond donors (Lipinski definition) is 1. The number of hydrogen-bond acceptors (Lipinski definition) is 5. The maximum Gasteiger partial charge on any atom is 0.278 e. The molecule has 4 aromatic rings. The molecule has 0 bridgehead atoms. The highest BCUT2D eigenvalue weighted by Gasteiger charge is 2.19. The van der Waals surface area contributed by atoms with Crippen LogP contribution in [-0.4, -0.2) is 35.7 Å². The van der Waals surface area contributed by atoms with Crippen LogP contribution in [0.4, 0.5) is 5.69 Å². The average molecular weight is 442 g/mol. The van der Waals surface area contributed by atoms with Crippen LogP contribution in [0.15, 0.2) is 42.5 Å². The lowest BCUT2D eigenvalue weighted by molar-refractivity contribution is 0.102. The van der Waals surface area contributed by atoms with Crippen molar-refractivity contribution in [2.75, 3.05) is 5.32 Å². The maximum atomic E-state index is 13.0. The first-order valence-corrected chi connectivity index (χ1v) is 11.3. The number of nitrogens with zero attached hydrogens (tertiary/aromatic N) is 6. The van der Waals surface area contributed by atoms with Gasteiger partial charge in [-0.3, -0.25) is 4.79 Å². The van der Waals surface area contributed by atoms with E-state index in [9.17, 15) is 4.79 Å². The first-order valence-electron chi connectivity index (χ1n) is 11.3. The molecule has 0 saturated heterocycles. The highest BCUT2D eigenvalue weighted by molar-refractivity contribution is 6.03. The van der Waals surface area contributed by atoms with Gasteiger partial charge in [-0.1, -0.05) is 36.2 Å². The number of aryl methyl sites for hydroxylation is 4. The molecule has 1 N–H and O–H groups in total. The summed E-state index contributed by atoms with van der Waals surface area (Å²) in [5, 5.41) is 20.7. The zero-order valence-electron chi connectivity index (χ0n) is 19.2. The number of fused-ring (bicyclic) bond motifs is 1. The number of rotatable bonds is 4. The van der Waals surface area contributed by atoms with Crippen molar-refractivity contribution in [1.82, 2.24) is 29.8 Å². The Labute approximate surface area is 192 Å². The molecule has 0 atom stereocenters. The fourth-order valence-electron chi connectivity index (χ4n) is 4.35. The van der Waals surface area contributed by atoms with Gasteiger partial charge < -0.3 is 9.88 Å². The topological polar surface area (TPSA) is 90.5 Å². The Bertz CT molecular complexity index is 1330. The summed E-state index contributed by atoms with van der Waals surface area (Å²) in [6.45, 7) is 6.78. The van der Waals surface area contributed by atoms with Crippen molar-refractivity contribution in [3.8, 4) is 17.1 Å². The van der Waals surface area contributed by atoms with Crippen LogP contribution in [0.3, 0.4) is 0 Å². The molecule has 8 nitrogen and oxygen atoms in total. The van der Waals surface area contributed by atoms with E-state index in [4.69, 9.17) is 0 Å². The summed E-state index contributed by atoms with van der Waals surface area (Å²) in [4.78, 5) is 14.6. The smallest absolute Gasteiger partial charge is 0.278 e. The van der Waals surface area contributed by atoms with E-state index in [1.54, 1.807) is 6.92 Å². The Hall–Kier alpha value is -3.81. The zero-order valence-corrected chi connectivity index (χ0v) is 19.2. The SMILES string of the molecule is Cc1ccc(-n2nc(C)c(C(=O)Nc3cccc(-c4nnc5n4CCCCC5)c3)n2)c(C)c1. The Morgan fingerprint density at radius 2 is 1.85 bits per heavy atom. The molecule has 0 fully saturated rings. The van der Waals surface area contributed by atoms with Gasteiger partial charge in [-0.15, -0.1) is 15.3 Å². The van der Waals surface area contributed by atoms with E-state index in [1.165, 1.54) is 16.8 Å². The van der Waals surface area contributed by atoms with Gasteiger partial charge in [0, 0.05) is 24.2 Å². The van der Waals surface area contributed by atoms with E-state index in [0.29, 0.717) is 17.1 Å². The molecule has 168 valence electrons. The van der Waals surface area contributed by atoms with Crippen LogP contribution >= 0.6 is 0 Å². The van der Waals surface area contributed by atoms with Gasteiger partial charge in [-0.25, -0.2) is 0 Å². The molecule has 5 rings (SSSR count). The van der Waals surface area contributed by atoms with Gasteiger partial charge in [-0.05, 0) is 57.4 Å². The summed E-state index contributed by atoms with van der Waals surface area (Å²) in [7, 11) is 0. The van der Waals surface area contributed by atoms with Gasteiger partial charge in [-0.2, -0.15) is 9.90 Å². The van der Waals surface area contributed by atoms with Gasteiger partial charge >= 0.3 is 0 Å². The quantitative estimate of drug-likeness (QED) is 0.506. The normalized spacial score (nSPS) is 13.4. The lowest BCUT2D eigenvalue weighted by Gasteiger charge is -2.09. The first-order chi connectivity index (χ1) is 16.0. The minimum absolute atomic E-state index is 0.291. The molecule has 0 spiro atoms.